The number of carbonyl (C=O) groups is 1. The largest absolute Gasteiger partial charge is 0.479 e. The molecule has 148 valence electrons. The Balaban J connectivity index is 1.52. The van der Waals surface area contributed by atoms with Gasteiger partial charge in [-0.15, -0.1) is 0 Å². The molecule has 29 heavy (non-hydrogen) atoms. The number of benzene rings is 2. The number of aromatic nitrogens is 2. The van der Waals surface area contributed by atoms with E-state index in [1.807, 2.05) is 48.7 Å². The van der Waals surface area contributed by atoms with E-state index in [2.05, 4.69) is 21.7 Å². The summed E-state index contributed by atoms with van der Waals surface area (Å²) in [6, 6.07) is 17.7. The van der Waals surface area contributed by atoms with E-state index in [9.17, 15) is 9.90 Å². The number of ether oxygens (including phenoxy) is 2. The fraction of sp³-hybridized carbons (Fsp3) is 0.217. The van der Waals surface area contributed by atoms with Crippen LogP contribution in [0.1, 0.15) is 12.5 Å². The quantitative estimate of drug-likeness (QED) is 0.487. The number of rotatable bonds is 8. The predicted molar refractivity (Wildman–Crippen MR) is 111 cm³/mol. The fourth-order valence-electron chi connectivity index (χ4n) is 3.53. The van der Waals surface area contributed by atoms with Crippen LogP contribution in [0.3, 0.4) is 0 Å². The molecule has 0 amide bonds. The van der Waals surface area contributed by atoms with Crippen LogP contribution in [0.4, 0.5) is 0 Å². The summed E-state index contributed by atoms with van der Waals surface area (Å²) in [6.45, 7) is 2.51. The van der Waals surface area contributed by atoms with Crippen molar-refractivity contribution in [3.63, 3.8) is 0 Å². The zero-order valence-electron chi connectivity index (χ0n) is 16.1. The van der Waals surface area contributed by atoms with Gasteiger partial charge >= 0.3 is 5.97 Å². The minimum Gasteiger partial charge on any atom is -0.479 e. The molecule has 2 heterocycles. The topological polar surface area (TPSA) is 73.6 Å². The Morgan fingerprint density at radius 3 is 2.59 bits per heavy atom. The number of aliphatic carboxylic acids is 1. The van der Waals surface area contributed by atoms with E-state index >= 15 is 0 Å². The average Bonchev–Trinajstić information content (AvgIpc) is 3.07. The zero-order valence-corrected chi connectivity index (χ0v) is 16.1. The zero-order chi connectivity index (χ0) is 20.2. The molecule has 4 rings (SSSR count). The molecule has 0 saturated carbocycles. The van der Waals surface area contributed by atoms with Crippen LogP contribution in [0.15, 0.2) is 67.0 Å². The molecule has 0 aliphatic heterocycles. The first kappa shape index (κ1) is 19.0. The highest BCUT2D eigenvalue weighted by molar-refractivity contribution is 6.07. The van der Waals surface area contributed by atoms with E-state index in [4.69, 9.17) is 9.47 Å². The van der Waals surface area contributed by atoms with E-state index in [-0.39, 0.29) is 0 Å². The van der Waals surface area contributed by atoms with Crippen molar-refractivity contribution in [1.82, 2.24) is 9.55 Å². The van der Waals surface area contributed by atoms with E-state index in [1.54, 1.807) is 13.1 Å². The molecule has 0 spiro atoms. The third kappa shape index (κ3) is 3.93. The van der Waals surface area contributed by atoms with E-state index in [0.29, 0.717) is 25.5 Å². The number of para-hydroxylation sites is 1. The fourth-order valence-corrected chi connectivity index (χ4v) is 3.53. The van der Waals surface area contributed by atoms with Gasteiger partial charge in [0.1, 0.15) is 5.75 Å². The summed E-state index contributed by atoms with van der Waals surface area (Å²) in [7, 11) is 0. The van der Waals surface area contributed by atoms with Crippen LogP contribution in [-0.2, 0) is 22.7 Å². The molecule has 2 aromatic carbocycles. The van der Waals surface area contributed by atoms with Gasteiger partial charge in [-0.2, -0.15) is 0 Å². The first-order valence-corrected chi connectivity index (χ1v) is 9.54. The second-order valence-corrected chi connectivity index (χ2v) is 6.74. The molecule has 1 N–H and O–H groups in total. The monoisotopic (exact) mass is 390 g/mol. The highest BCUT2D eigenvalue weighted by atomic mass is 16.5. The minimum atomic E-state index is -0.952. The molecular formula is C23H22N2O4. The van der Waals surface area contributed by atoms with Crippen molar-refractivity contribution in [2.24, 2.45) is 0 Å². The van der Waals surface area contributed by atoms with Crippen LogP contribution < -0.4 is 4.74 Å². The van der Waals surface area contributed by atoms with Gasteiger partial charge in [-0.05, 0) is 36.8 Å². The van der Waals surface area contributed by atoms with Crippen LogP contribution >= 0.6 is 0 Å². The van der Waals surface area contributed by atoms with Crippen LogP contribution in [0, 0.1) is 0 Å². The Kier molecular flexibility index (Phi) is 5.44. The summed E-state index contributed by atoms with van der Waals surface area (Å²) in [6.07, 6.45) is 3.13. The first-order valence-electron chi connectivity index (χ1n) is 9.54. The molecule has 1 atom stereocenters. The molecule has 0 aliphatic rings. The molecule has 6 nitrogen and oxygen atoms in total. The summed E-state index contributed by atoms with van der Waals surface area (Å²) < 4.78 is 13.4. The number of fused-ring (bicyclic) bond motifs is 3. The smallest absolute Gasteiger partial charge is 0.333 e. The molecule has 2 aromatic heterocycles. The Morgan fingerprint density at radius 1 is 1.07 bits per heavy atom. The van der Waals surface area contributed by atoms with Crippen LogP contribution in [0.2, 0.25) is 0 Å². The van der Waals surface area contributed by atoms with Crippen molar-refractivity contribution in [3.05, 3.63) is 72.6 Å². The Labute approximate surface area is 168 Å². The van der Waals surface area contributed by atoms with Crippen molar-refractivity contribution in [2.45, 2.75) is 26.2 Å². The molecule has 0 aliphatic carbocycles. The summed E-state index contributed by atoms with van der Waals surface area (Å²) in [4.78, 5) is 15.5. The normalized spacial score (nSPS) is 12.3. The molecule has 0 saturated heterocycles. The third-order valence-electron chi connectivity index (χ3n) is 4.92. The summed E-state index contributed by atoms with van der Waals surface area (Å²) in [5, 5.41) is 11.5. The van der Waals surface area contributed by atoms with Crippen LogP contribution in [0.25, 0.3) is 21.8 Å². The molecule has 0 unspecified atom stereocenters. The number of carboxylic acid groups (broad SMARTS) is 1. The second kappa shape index (κ2) is 8.32. The standard InChI is InChI=1S/C23H22N2O4/c1-2-28-22(23(26)27)13-16-7-9-17(10-8-16)29-15-25-20-6-4-3-5-18(20)19-11-12-24-14-21(19)25/h3-12,14,22H,2,13,15H2,1H3,(H,26,27)/t22-/m0/s1. The predicted octanol–water partition coefficient (Wildman–Crippen LogP) is 4.26. The summed E-state index contributed by atoms with van der Waals surface area (Å²) in [5.74, 6) is -0.237. The van der Waals surface area contributed by atoms with Crippen LogP contribution in [0.5, 0.6) is 5.75 Å². The van der Waals surface area contributed by atoms with Gasteiger partial charge in [0.25, 0.3) is 0 Å². The van der Waals surface area contributed by atoms with Crippen molar-refractivity contribution in [1.29, 1.82) is 0 Å². The molecule has 6 heteroatoms. The SMILES string of the molecule is CCO[C@@H](Cc1ccc(OCn2c3ccccc3c3ccncc32)cc1)C(=O)O. The lowest BCUT2D eigenvalue weighted by atomic mass is 10.1. The molecule has 0 bridgehead atoms. The van der Waals surface area contributed by atoms with Crippen molar-refractivity contribution < 1.29 is 19.4 Å². The van der Waals surface area contributed by atoms with E-state index in [0.717, 1.165) is 22.0 Å². The lowest BCUT2D eigenvalue weighted by molar-refractivity contribution is -0.149. The molecule has 0 radical (unpaired) electrons. The highest BCUT2D eigenvalue weighted by Crippen LogP contribution is 2.28. The number of nitrogens with zero attached hydrogens (tertiary/aromatic N) is 2. The Morgan fingerprint density at radius 2 is 1.83 bits per heavy atom. The van der Waals surface area contributed by atoms with Gasteiger partial charge in [-0.3, -0.25) is 4.98 Å². The lowest BCUT2D eigenvalue weighted by Gasteiger charge is -2.13. The van der Waals surface area contributed by atoms with Gasteiger partial charge in [0.2, 0.25) is 0 Å². The van der Waals surface area contributed by atoms with E-state index in [1.165, 1.54) is 5.39 Å². The van der Waals surface area contributed by atoms with Gasteiger partial charge in [0, 0.05) is 30.0 Å². The van der Waals surface area contributed by atoms with Crippen molar-refractivity contribution in [3.8, 4) is 5.75 Å². The maximum absolute atomic E-state index is 11.3. The summed E-state index contributed by atoms with van der Waals surface area (Å²) in [5.41, 5.74) is 3.00. The van der Waals surface area contributed by atoms with Crippen molar-refractivity contribution in [2.75, 3.05) is 6.61 Å². The van der Waals surface area contributed by atoms with Gasteiger partial charge in [0.15, 0.2) is 12.8 Å². The number of pyridine rings is 1. The lowest BCUT2D eigenvalue weighted by Crippen LogP contribution is -2.26. The highest BCUT2D eigenvalue weighted by Gasteiger charge is 2.18. The Bertz CT molecular complexity index is 1080. The number of hydrogen-bond acceptors (Lipinski definition) is 4. The molecule has 0 fully saturated rings. The number of carboxylic acids is 1. The van der Waals surface area contributed by atoms with Gasteiger partial charge in [-0.1, -0.05) is 30.3 Å². The molecule has 4 aromatic rings. The van der Waals surface area contributed by atoms with E-state index < -0.39 is 12.1 Å². The average molecular weight is 390 g/mol. The van der Waals surface area contributed by atoms with Gasteiger partial charge < -0.3 is 19.1 Å². The Hall–Kier alpha value is -3.38. The molecular weight excluding hydrogens is 368 g/mol. The van der Waals surface area contributed by atoms with Crippen LogP contribution in [-0.4, -0.2) is 33.3 Å². The summed E-state index contributed by atoms with van der Waals surface area (Å²) >= 11 is 0. The maximum Gasteiger partial charge on any atom is 0.333 e. The minimum absolute atomic E-state index is 0.321. The first-order chi connectivity index (χ1) is 14.2. The number of hydrogen-bond donors (Lipinski definition) is 1. The maximum atomic E-state index is 11.3. The second-order valence-electron chi connectivity index (χ2n) is 6.74. The van der Waals surface area contributed by atoms with Crippen molar-refractivity contribution >= 4 is 27.8 Å². The van der Waals surface area contributed by atoms with Gasteiger partial charge in [0.05, 0.1) is 17.2 Å². The third-order valence-corrected chi connectivity index (χ3v) is 4.92. The van der Waals surface area contributed by atoms with Gasteiger partial charge in [-0.25, -0.2) is 4.79 Å².